The lowest BCUT2D eigenvalue weighted by atomic mass is 9.96. The fourth-order valence-corrected chi connectivity index (χ4v) is 7.20. The zero-order valence-electron chi connectivity index (χ0n) is 28.7. The van der Waals surface area contributed by atoms with Crippen molar-refractivity contribution in [2.45, 2.75) is 13.8 Å². The summed E-state index contributed by atoms with van der Waals surface area (Å²) in [6, 6.07) is 65.7. The second kappa shape index (κ2) is 12.7. The lowest BCUT2D eigenvalue weighted by Crippen LogP contribution is -1.96. The van der Waals surface area contributed by atoms with Gasteiger partial charge >= 0.3 is 0 Å². The van der Waals surface area contributed by atoms with Gasteiger partial charge in [0.2, 0.25) is 0 Å². The summed E-state index contributed by atoms with van der Waals surface area (Å²) in [6.45, 7) is 4.25. The highest BCUT2D eigenvalue weighted by atomic mass is 15.0. The van der Waals surface area contributed by atoms with Crippen LogP contribution >= 0.6 is 0 Å². The molecule has 0 amide bonds. The molecule has 9 rings (SSSR count). The molecular formula is C49H36N2. The highest BCUT2D eigenvalue weighted by Crippen LogP contribution is 2.36. The van der Waals surface area contributed by atoms with Gasteiger partial charge in [-0.05, 0) is 89.7 Å². The smallest absolute Gasteiger partial charge is 0.0716 e. The normalized spacial score (nSPS) is 11.3. The molecule has 2 heteroatoms. The third kappa shape index (κ3) is 5.81. The molecule has 2 nitrogen and oxygen atoms in total. The molecule has 2 aromatic heterocycles. The first kappa shape index (κ1) is 30.5. The molecule has 242 valence electrons. The van der Waals surface area contributed by atoms with Crippen molar-refractivity contribution in [2.24, 2.45) is 0 Å². The van der Waals surface area contributed by atoms with Crippen molar-refractivity contribution in [3.05, 3.63) is 193 Å². The molecule has 0 unspecified atom stereocenters. The maximum atomic E-state index is 5.36. The first-order chi connectivity index (χ1) is 25.1. The fraction of sp³-hybridized carbons (Fsp3) is 0.0408. The minimum atomic E-state index is 0.938. The Labute approximate surface area is 299 Å². The van der Waals surface area contributed by atoms with Crippen LogP contribution in [0.25, 0.3) is 83.4 Å². The Hall–Kier alpha value is -6.51. The summed E-state index contributed by atoms with van der Waals surface area (Å²) >= 11 is 0. The molecule has 0 aliphatic heterocycles. The van der Waals surface area contributed by atoms with Crippen LogP contribution in [-0.2, 0) is 0 Å². The predicted molar refractivity (Wildman–Crippen MR) is 215 cm³/mol. The molecule has 2 heterocycles. The van der Waals surface area contributed by atoms with E-state index in [4.69, 9.17) is 4.98 Å². The van der Waals surface area contributed by atoms with Crippen LogP contribution < -0.4 is 0 Å². The van der Waals surface area contributed by atoms with Gasteiger partial charge in [-0.2, -0.15) is 0 Å². The number of hydrogen-bond donors (Lipinski definition) is 0. The number of aryl methyl sites for hydroxylation is 2. The van der Waals surface area contributed by atoms with Gasteiger partial charge in [-0.15, -0.1) is 0 Å². The maximum absolute atomic E-state index is 5.36. The van der Waals surface area contributed by atoms with Crippen molar-refractivity contribution >= 4 is 21.8 Å². The van der Waals surface area contributed by atoms with E-state index in [-0.39, 0.29) is 0 Å². The SMILES string of the molecule is Cc1ccc(-c2ccc(-c3cc(-c4cccc(-c5ccc(C)cc5)c4)nc(-c4cccc(-n5c6ccccc6c6ccccc65)c4)c3)cc2)cc1. The molecule has 0 aliphatic rings. The number of benzene rings is 7. The van der Waals surface area contributed by atoms with Gasteiger partial charge in [0.15, 0.2) is 0 Å². The number of nitrogens with zero attached hydrogens (tertiary/aromatic N) is 2. The van der Waals surface area contributed by atoms with Gasteiger partial charge in [-0.25, -0.2) is 4.98 Å². The number of aromatic nitrogens is 2. The molecule has 0 bridgehead atoms. The van der Waals surface area contributed by atoms with E-state index in [9.17, 15) is 0 Å². The van der Waals surface area contributed by atoms with E-state index in [0.717, 1.165) is 39.3 Å². The molecule has 7 aromatic carbocycles. The van der Waals surface area contributed by atoms with Gasteiger partial charge in [0.05, 0.1) is 22.4 Å². The predicted octanol–water partition coefficient (Wildman–Crippen LogP) is 13.1. The summed E-state index contributed by atoms with van der Waals surface area (Å²) in [5.74, 6) is 0. The summed E-state index contributed by atoms with van der Waals surface area (Å²) in [6.07, 6.45) is 0. The molecule has 0 radical (unpaired) electrons. The third-order valence-electron chi connectivity index (χ3n) is 9.95. The maximum Gasteiger partial charge on any atom is 0.0716 e. The van der Waals surface area contributed by atoms with Crippen LogP contribution in [0.5, 0.6) is 0 Å². The van der Waals surface area contributed by atoms with E-state index in [2.05, 4.69) is 200 Å². The number of rotatable bonds is 6. The number of pyridine rings is 1. The summed E-state index contributed by atoms with van der Waals surface area (Å²) in [5, 5.41) is 2.51. The van der Waals surface area contributed by atoms with E-state index in [1.165, 1.54) is 55.2 Å². The number of fused-ring (bicyclic) bond motifs is 3. The topological polar surface area (TPSA) is 17.8 Å². The summed E-state index contributed by atoms with van der Waals surface area (Å²) in [7, 11) is 0. The van der Waals surface area contributed by atoms with E-state index < -0.39 is 0 Å². The Kier molecular flexibility index (Phi) is 7.63. The Balaban J connectivity index is 1.19. The van der Waals surface area contributed by atoms with Crippen molar-refractivity contribution < 1.29 is 0 Å². The van der Waals surface area contributed by atoms with Crippen molar-refractivity contribution in [2.75, 3.05) is 0 Å². The van der Waals surface area contributed by atoms with E-state index in [1.54, 1.807) is 0 Å². The largest absolute Gasteiger partial charge is 0.309 e. The van der Waals surface area contributed by atoms with Crippen molar-refractivity contribution in [3.8, 4) is 61.6 Å². The Morgan fingerprint density at radius 3 is 1.33 bits per heavy atom. The molecule has 0 atom stereocenters. The number of para-hydroxylation sites is 2. The molecule has 0 spiro atoms. The Morgan fingerprint density at radius 2 is 0.765 bits per heavy atom. The first-order valence-corrected chi connectivity index (χ1v) is 17.5. The van der Waals surface area contributed by atoms with Gasteiger partial charge < -0.3 is 4.57 Å². The van der Waals surface area contributed by atoms with Crippen LogP contribution in [0.4, 0.5) is 0 Å². The molecule has 0 saturated carbocycles. The standard InChI is InChI=1S/C49H36N2/c1-33-17-21-35(22-18-33)36-25-27-38(28-26-36)42-31-46(40-10-7-9-39(29-40)37-23-19-34(2)20-24-37)50-47(32-42)41-11-8-12-43(30-41)51-48-15-5-3-13-44(48)45-14-4-6-16-49(45)51/h3-32H,1-2H3. The van der Waals surface area contributed by atoms with Gasteiger partial charge in [-0.1, -0.05) is 151 Å². The third-order valence-corrected chi connectivity index (χ3v) is 9.95. The zero-order valence-corrected chi connectivity index (χ0v) is 28.7. The molecule has 0 fully saturated rings. The van der Waals surface area contributed by atoms with Gasteiger partial charge in [0.1, 0.15) is 0 Å². The molecule has 0 aliphatic carbocycles. The van der Waals surface area contributed by atoms with Gasteiger partial charge in [-0.3, -0.25) is 0 Å². The summed E-state index contributed by atoms with van der Waals surface area (Å²) < 4.78 is 2.37. The van der Waals surface area contributed by atoms with Crippen LogP contribution in [0, 0.1) is 13.8 Å². The van der Waals surface area contributed by atoms with E-state index in [0.29, 0.717) is 0 Å². The van der Waals surface area contributed by atoms with Crippen LogP contribution in [0.15, 0.2) is 182 Å². The quantitative estimate of drug-likeness (QED) is 0.175. The second-order valence-corrected chi connectivity index (χ2v) is 13.4. The molecule has 0 saturated heterocycles. The average molecular weight is 653 g/mol. The molecule has 51 heavy (non-hydrogen) atoms. The van der Waals surface area contributed by atoms with Crippen molar-refractivity contribution in [3.63, 3.8) is 0 Å². The fourth-order valence-electron chi connectivity index (χ4n) is 7.20. The van der Waals surface area contributed by atoms with Crippen LogP contribution in [0.2, 0.25) is 0 Å². The lowest BCUT2D eigenvalue weighted by molar-refractivity contribution is 1.18. The highest BCUT2D eigenvalue weighted by Gasteiger charge is 2.14. The number of hydrogen-bond acceptors (Lipinski definition) is 1. The molecule has 0 N–H and O–H groups in total. The monoisotopic (exact) mass is 652 g/mol. The van der Waals surface area contributed by atoms with Crippen LogP contribution in [0.3, 0.4) is 0 Å². The Bertz CT molecular complexity index is 2620. The van der Waals surface area contributed by atoms with Crippen LogP contribution in [0.1, 0.15) is 11.1 Å². The second-order valence-electron chi connectivity index (χ2n) is 13.4. The minimum Gasteiger partial charge on any atom is -0.309 e. The van der Waals surface area contributed by atoms with E-state index >= 15 is 0 Å². The van der Waals surface area contributed by atoms with Crippen molar-refractivity contribution in [1.29, 1.82) is 0 Å². The van der Waals surface area contributed by atoms with Gasteiger partial charge in [0, 0.05) is 27.6 Å². The van der Waals surface area contributed by atoms with Gasteiger partial charge in [0.25, 0.3) is 0 Å². The molecular weight excluding hydrogens is 617 g/mol. The highest BCUT2D eigenvalue weighted by molar-refractivity contribution is 6.09. The zero-order chi connectivity index (χ0) is 34.3. The summed E-state index contributed by atoms with van der Waals surface area (Å²) in [4.78, 5) is 5.36. The first-order valence-electron chi connectivity index (χ1n) is 17.5. The molecule has 9 aromatic rings. The average Bonchev–Trinajstić information content (AvgIpc) is 3.53. The van der Waals surface area contributed by atoms with Crippen molar-refractivity contribution in [1.82, 2.24) is 9.55 Å². The summed E-state index contributed by atoms with van der Waals surface area (Å²) in [5.41, 5.74) is 17.2. The lowest BCUT2D eigenvalue weighted by Gasteiger charge is -2.14. The Morgan fingerprint density at radius 1 is 0.333 bits per heavy atom. The van der Waals surface area contributed by atoms with E-state index in [1.807, 2.05) is 0 Å². The van der Waals surface area contributed by atoms with Crippen LogP contribution in [-0.4, -0.2) is 9.55 Å². The minimum absolute atomic E-state index is 0.938.